The van der Waals surface area contributed by atoms with Crippen LogP contribution in [0.5, 0.6) is 0 Å². The van der Waals surface area contributed by atoms with Crippen molar-refractivity contribution in [1.29, 1.82) is 0 Å². The Morgan fingerprint density at radius 3 is 3.04 bits per heavy atom. The van der Waals surface area contributed by atoms with Crippen LogP contribution in [-0.2, 0) is 16.0 Å². The Hall–Kier alpha value is -1.75. The van der Waals surface area contributed by atoms with E-state index in [4.69, 9.17) is 16.3 Å². The van der Waals surface area contributed by atoms with E-state index >= 15 is 0 Å². The molecular weight excluding hydrogens is 326 g/mol. The molecule has 1 unspecified atom stereocenters. The van der Waals surface area contributed by atoms with Gasteiger partial charge in [-0.3, -0.25) is 9.79 Å². The van der Waals surface area contributed by atoms with E-state index in [1.165, 1.54) is 5.56 Å². The molecule has 1 aliphatic rings. The van der Waals surface area contributed by atoms with Gasteiger partial charge in [0.25, 0.3) is 0 Å². The summed E-state index contributed by atoms with van der Waals surface area (Å²) in [5.41, 5.74) is 1.19. The van der Waals surface area contributed by atoms with Crippen LogP contribution in [-0.4, -0.2) is 50.1 Å². The van der Waals surface area contributed by atoms with Gasteiger partial charge in [-0.15, -0.1) is 0 Å². The largest absolute Gasteiger partial charge is 0.466 e. The number of benzene rings is 1. The lowest BCUT2D eigenvalue weighted by molar-refractivity contribution is -0.149. The number of nitrogens with zero attached hydrogens (tertiary/aromatic N) is 2. The standard InChI is InChI=1S/C18H26ClN3O2/c1-3-24-17(23)15-7-5-11-22(13-15)18(20-2)21-10-9-14-6-4-8-16(19)12-14/h4,6,8,12,15H,3,5,7,9-11,13H2,1-2H3,(H,20,21). The quantitative estimate of drug-likeness (QED) is 0.503. The number of carbonyl (C=O) groups is 1. The molecule has 132 valence electrons. The second-order valence-corrected chi connectivity index (χ2v) is 6.33. The van der Waals surface area contributed by atoms with Gasteiger partial charge in [0.05, 0.1) is 12.5 Å². The van der Waals surface area contributed by atoms with Gasteiger partial charge >= 0.3 is 5.97 Å². The number of hydrogen-bond donors (Lipinski definition) is 1. The van der Waals surface area contributed by atoms with Gasteiger partial charge in [-0.1, -0.05) is 23.7 Å². The highest BCUT2D eigenvalue weighted by Gasteiger charge is 2.28. The van der Waals surface area contributed by atoms with E-state index in [1.807, 2.05) is 25.1 Å². The van der Waals surface area contributed by atoms with Gasteiger partial charge in [0.15, 0.2) is 5.96 Å². The Bertz CT molecular complexity index is 577. The second-order valence-electron chi connectivity index (χ2n) is 5.89. The predicted octanol–water partition coefficient (Wildman–Crippen LogP) is 2.73. The van der Waals surface area contributed by atoms with E-state index in [9.17, 15) is 4.79 Å². The molecule has 1 heterocycles. The molecule has 5 nitrogen and oxygen atoms in total. The summed E-state index contributed by atoms with van der Waals surface area (Å²) in [6.45, 7) is 4.62. The molecule has 0 saturated carbocycles. The number of halogens is 1. The Kier molecular flexibility index (Phi) is 7.37. The zero-order chi connectivity index (χ0) is 17.4. The van der Waals surface area contributed by atoms with E-state index in [0.717, 1.165) is 43.3 Å². The van der Waals surface area contributed by atoms with Crippen molar-refractivity contribution in [2.45, 2.75) is 26.2 Å². The summed E-state index contributed by atoms with van der Waals surface area (Å²) < 4.78 is 5.15. The zero-order valence-electron chi connectivity index (χ0n) is 14.4. The molecule has 1 aromatic carbocycles. The first-order chi connectivity index (χ1) is 11.6. The lowest BCUT2D eigenvalue weighted by Gasteiger charge is -2.34. The van der Waals surface area contributed by atoms with Crippen LogP contribution in [0.1, 0.15) is 25.3 Å². The van der Waals surface area contributed by atoms with Crippen LogP contribution < -0.4 is 5.32 Å². The van der Waals surface area contributed by atoms with Crippen molar-refractivity contribution in [3.8, 4) is 0 Å². The Morgan fingerprint density at radius 2 is 2.33 bits per heavy atom. The average Bonchev–Trinajstić information content (AvgIpc) is 2.59. The van der Waals surface area contributed by atoms with Crippen molar-refractivity contribution in [2.75, 3.05) is 33.3 Å². The third-order valence-electron chi connectivity index (χ3n) is 4.14. The lowest BCUT2D eigenvalue weighted by Crippen LogP contribution is -2.48. The van der Waals surface area contributed by atoms with E-state index in [1.54, 1.807) is 7.05 Å². The predicted molar refractivity (Wildman–Crippen MR) is 97.4 cm³/mol. The normalized spacial score (nSPS) is 18.4. The molecule has 1 aliphatic heterocycles. The number of carbonyl (C=O) groups excluding carboxylic acids is 1. The van der Waals surface area contributed by atoms with E-state index in [0.29, 0.717) is 13.2 Å². The highest BCUT2D eigenvalue weighted by molar-refractivity contribution is 6.30. The maximum absolute atomic E-state index is 12.0. The van der Waals surface area contributed by atoms with Crippen molar-refractivity contribution in [3.05, 3.63) is 34.9 Å². The number of nitrogens with one attached hydrogen (secondary N) is 1. The molecular formula is C18H26ClN3O2. The van der Waals surface area contributed by atoms with Crippen molar-refractivity contribution in [1.82, 2.24) is 10.2 Å². The Balaban J connectivity index is 1.85. The molecule has 0 bridgehead atoms. The summed E-state index contributed by atoms with van der Waals surface area (Å²) in [6.07, 6.45) is 2.72. The molecule has 1 saturated heterocycles. The van der Waals surface area contributed by atoms with Gasteiger partial charge < -0.3 is 15.0 Å². The summed E-state index contributed by atoms with van der Waals surface area (Å²) in [4.78, 5) is 18.5. The van der Waals surface area contributed by atoms with Gasteiger partial charge in [0.1, 0.15) is 0 Å². The highest BCUT2D eigenvalue weighted by atomic mass is 35.5. The number of ether oxygens (including phenoxy) is 1. The van der Waals surface area contributed by atoms with Crippen molar-refractivity contribution < 1.29 is 9.53 Å². The Labute approximate surface area is 149 Å². The molecule has 0 radical (unpaired) electrons. The number of guanidine groups is 1. The third-order valence-corrected chi connectivity index (χ3v) is 4.37. The first-order valence-corrected chi connectivity index (χ1v) is 8.88. The SMILES string of the molecule is CCOC(=O)C1CCCN(C(=NC)NCCc2cccc(Cl)c2)C1. The van der Waals surface area contributed by atoms with Gasteiger partial charge in [0, 0.05) is 31.7 Å². The van der Waals surface area contributed by atoms with Crippen LogP contribution in [0.2, 0.25) is 5.02 Å². The van der Waals surface area contributed by atoms with Crippen molar-refractivity contribution >= 4 is 23.5 Å². The minimum Gasteiger partial charge on any atom is -0.466 e. The van der Waals surface area contributed by atoms with Crippen molar-refractivity contribution in [2.24, 2.45) is 10.9 Å². The summed E-state index contributed by atoms with van der Waals surface area (Å²) in [6, 6.07) is 7.87. The fourth-order valence-corrected chi connectivity index (χ4v) is 3.18. The van der Waals surface area contributed by atoms with Crippen LogP contribution in [0, 0.1) is 5.92 Å². The fraction of sp³-hybridized carbons (Fsp3) is 0.556. The molecule has 6 heteroatoms. The molecule has 0 amide bonds. The van der Waals surface area contributed by atoms with Crippen molar-refractivity contribution in [3.63, 3.8) is 0 Å². The van der Waals surface area contributed by atoms with Crippen LogP contribution >= 0.6 is 11.6 Å². The topological polar surface area (TPSA) is 53.9 Å². The highest BCUT2D eigenvalue weighted by Crippen LogP contribution is 2.18. The molecule has 1 aromatic rings. The third kappa shape index (κ3) is 5.41. The van der Waals surface area contributed by atoms with Crippen LogP contribution in [0.25, 0.3) is 0 Å². The molecule has 1 atom stereocenters. The number of hydrogen-bond acceptors (Lipinski definition) is 3. The van der Waals surface area contributed by atoms with Crippen LogP contribution in [0.4, 0.5) is 0 Å². The van der Waals surface area contributed by atoms with Gasteiger partial charge in [0.2, 0.25) is 0 Å². The first-order valence-electron chi connectivity index (χ1n) is 8.50. The fourth-order valence-electron chi connectivity index (χ4n) is 2.97. The monoisotopic (exact) mass is 351 g/mol. The Morgan fingerprint density at radius 1 is 1.50 bits per heavy atom. The van der Waals surface area contributed by atoms with Crippen LogP contribution in [0.15, 0.2) is 29.3 Å². The van der Waals surface area contributed by atoms with Gasteiger partial charge in [-0.2, -0.15) is 0 Å². The summed E-state index contributed by atoms with van der Waals surface area (Å²) in [5.74, 6) is 0.674. The number of aliphatic imine (C=N–C) groups is 1. The van der Waals surface area contributed by atoms with E-state index < -0.39 is 0 Å². The number of esters is 1. The lowest BCUT2D eigenvalue weighted by atomic mass is 9.98. The van der Waals surface area contributed by atoms with E-state index in [-0.39, 0.29) is 11.9 Å². The average molecular weight is 352 g/mol. The molecule has 0 aliphatic carbocycles. The second kappa shape index (κ2) is 9.52. The van der Waals surface area contributed by atoms with Gasteiger partial charge in [-0.25, -0.2) is 0 Å². The molecule has 0 aromatic heterocycles. The van der Waals surface area contributed by atoms with Gasteiger partial charge in [-0.05, 0) is 43.9 Å². The first kappa shape index (κ1) is 18.6. The maximum atomic E-state index is 12.0. The summed E-state index contributed by atoms with van der Waals surface area (Å²) in [7, 11) is 1.77. The minimum atomic E-state index is -0.100. The number of likely N-dealkylation sites (tertiary alicyclic amines) is 1. The molecule has 1 fully saturated rings. The molecule has 2 rings (SSSR count). The zero-order valence-corrected chi connectivity index (χ0v) is 15.2. The number of piperidine rings is 1. The van der Waals surface area contributed by atoms with E-state index in [2.05, 4.69) is 21.3 Å². The smallest absolute Gasteiger partial charge is 0.310 e. The molecule has 0 spiro atoms. The summed E-state index contributed by atoms with van der Waals surface area (Å²) >= 11 is 6.01. The molecule has 1 N–H and O–H groups in total. The molecule has 24 heavy (non-hydrogen) atoms. The minimum absolute atomic E-state index is 0.0646. The summed E-state index contributed by atoms with van der Waals surface area (Å²) in [5, 5.41) is 4.13. The van der Waals surface area contributed by atoms with Crippen LogP contribution in [0.3, 0.4) is 0 Å². The number of rotatable bonds is 5. The maximum Gasteiger partial charge on any atom is 0.310 e.